The zero-order chi connectivity index (χ0) is 22.7. The molecule has 0 saturated heterocycles. The van der Waals surface area contributed by atoms with Crippen LogP contribution in [-0.2, 0) is 6.42 Å². The first-order valence-corrected chi connectivity index (χ1v) is 11.3. The van der Waals surface area contributed by atoms with Crippen molar-refractivity contribution in [3.63, 3.8) is 0 Å². The number of hydrogen-bond acceptors (Lipinski definition) is 7. The van der Waals surface area contributed by atoms with E-state index in [1.165, 1.54) is 6.33 Å². The van der Waals surface area contributed by atoms with E-state index in [1.807, 2.05) is 26.0 Å². The Kier molecular flexibility index (Phi) is 6.53. The topological polar surface area (TPSA) is 97.2 Å². The molecule has 4 rings (SSSR count). The third kappa shape index (κ3) is 4.51. The number of aromatic carboxylic acids is 1. The molecule has 0 saturated carbocycles. The zero-order valence-corrected chi connectivity index (χ0v) is 19.1. The Bertz CT molecular complexity index is 1290. The average Bonchev–Trinajstić information content (AvgIpc) is 3.22. The third-order valence-electron chi connectivity index (χ3n) is 4.95. The van der Waals surface area contributed by atoms with Crippen molar-refractivity contribution in [2.45, 2.75) is 20.3 Å². The number of ether oxygens (including phenoxy) is 1. The van der Waals surface area contributed by atoms with Crippen LogP contribution in [0.4, 0.5) is 5.82 Å². The Labute approximate surface area is 194 Å². The van der Waals surface area contributed by atoms with Crippen molar-refractivity contribution in [1.82, 2.24) is 15.0 Å². The monoisotopic (exact) mass is 468 g/mol. The summed E-state index contributed by atoms with van der Waals surface area (Å²) in [6.45, 7) is 4.81. The lowest BCUT2D eigenvalue weighted by molar-refractivity contribution is 0.0698. The van der Waals surface area contributed by atoms with E-state index in [9.17, 15) is 9.90 Å². The molecule has 1 aromatic carbocycles. The molecule has 0 bridgehead atoms. The maximum atomic E-state index is 11.5. The first-order valence-electron chi connectivity index (χ1n) is 10.1. The lowest BCUT2D eigenvalue weighted by Crippen LogP contribution is -2.07. The maximum Gasteiger partial charge on any atom is 0.349 e. The molecule has 9 heteroatoms. The molecule has 0 unspecified atom stereocenters. The van der Waals surface area contributed by atoms with Crippen molar-refractivity contribution in [3.05, 3.63) is 63.9 Å². The average molecular weight is 469 g/mol. The SMILES string of the molecule is CCOc1cc(-c2cc(NCCc3cc4cccnc4c(C)c3Cl)ncn2)sc1C(=O)O. The van der Waals surface area contributed by atoms with Crippen molar-refractivity contribution < 1.29 is 14.6 Å². The van der Waals surface area contributed by atoms with Crippen LogP contribution in [0.5, 0.6) is 5.75 Å². The fraction of sp³-hybridized carbons (Fsp3) is 0.217. The van der Waals surface area contributed by atoms with Crippen LogP contribution < -0.4 is 10.1 Å². The molecule has 0 fully saturated rings. The van der Waals surface area contributed by atoms with Crippen LogP contribution in [-0.4, -0.2) is 39.2 Å². The largest absolute Gasteiger partial charge is 0.492 e. The number of thiophene rings is 1. The number of carboxylic acid groups (broad SMARTS) is 1. The van der Waals surface area contributed by atoms with Gasteiger partial charge in [-0.1, -0.05) is 17.7 Å². The smallest absolute Gasteiger partial charge is 0.349 e. The summed E-state index contributed by atoms with van der Waals surface area (Å²) in [5.74, 6) is -0.0210. The summed E-state index contributed by atoms with van der Waals surface area (Å²) in [6.07, 6.45) is 3.93. The number of pyridine rings is 1. The number of rotatable bonds is 8. The minimum Gasteiger partial charge on any atom is -0.492 e. The number of benzene rings is 1. The normalized spacial score (nSPS) is 11.0. The molecule has 2 N–H and O–H groups in total. The molecule has 32 heavy (non-hydrogen) atoms. The molecule has 164 valence electrons. The van der Waals surface area contributed by atoms with Gasteiger partial charge >= 0.3 is 5.97 Å². The predicted molar refractivity (Wildman–Crippen MR) is 127 cm³/mol. The first-order chi connectivity index (χ1) is 15.5. The molecule has 0 atom stereocenters. The number of aryl methyl sites for hydroxylation is 1. The molecule has 4 aromatic rings. The first kappa shape index (κ1) is 22.0. The quantitative estimate of drug-likeness (QED) is 0.354. The van der Waals surface area contributed by atoms with Gasteiger partial charge in [0, 0.05) is 35.3 Å². The lowest BCUT2D eigenvalue weighted by Gasteiger charge is -2.11. The second-order valence-corrected chi connectivity index (χ2v) is 8.49. The summed E-state index contributed by atoms with van der Waals surface area (Å²) in [6, 6.07) is 9.51. The fourth-order valence-corrected chi connectivity index (χ4v) is 4.60. The summed E-state index contributed by atoms with van der Waals surface area (Å²) >= 11 is 7.70. The van der Waals surface area contributed by atoms with Gasteiger partial charge in [-0.3, -0.25) is 4.98 Å². The van der Waals surface area contributed by atoms with Crippen molar-refractivity contribution in [2.24, 2.45) is 0 Å². The Hall–Kier alpha value is -3.23. The van der Waals surface area contributed by atoms with Gasteiger partial charge in [0.1, 0.15) is 17.9 Å². The highest BCUT2D eigenvalue weighted by Crippen LogP contribution is 2.36. The molecule has 0 aliphatic heterocycles. The highest BCUT2D eigenvalue weighted by molar-refractivity contribution is 7.17. The van der Waals surface area contributed by atoms with Gasteiger partial charge in [0.15, 0.2) is 4.88 Å². The molecular weight excluding hydrogens is 448 g/mol. The van der Waals surface area contributed by atoms with Gasteiger partial charge in [-0.2, -0.15) is 0 Å². The number of hydrogen-bond donors (Lipinski definition) is 2. The number of nitrogens with one attached hydrogen (secondary N) is 1. The van der Waals surface area contributed by atoms with Crippen LogP contribution in [0, 0.1) is 6.92 Å². The molecular formula is C23H21ClN4O3S. The second kappa shape index (κ2) is 9.50. The Balaban J connectivity index is 1.50. The third-order valence-corrected chi connectivity index (χ3v) is 6.60. The number of aromatic nitrogens is 3. The van der Waals surface area contributed by atoms with Gasteiger partial charge in [-0.05, 0) is 43.5 Å². The minimum absolute atomic E-state index is 0.158. The molecule has 0 spiro atoms. The molecule has 3 aromatic heterocycles. The van der Waals surface area contributed by atoms with Crippen LogP contribution in [0.25, 0.3) is 21.5 Å². The van der Waals surface area contributed by atoms with Gasteiger partial charge in [-0.15, -0.1) is 11.3 Å². The van der Waals surface area contributed by atoms with Gasteiger partial charge in [0.05, 0.1) is 22.7 Å². The predicted octanol–water partition coefficient (Wildman–Crippen LogP) is 5.47. The summed E-state index contributed by atoms with van der Waals surface area (Å²) < 4.78 is 5.45. The lowest BCUT2D eigenvalue weighted by atomic mass is 10.0. The van der Waals surface area contributed by atoms with Crippen LogP contribution >= 0.6 is 22.9 Å². The number of nitrogens with zero attached hydrogens (tertiary/aromatic N) is 3. The molecule has 0 aliphatic carbocycles. The molecule has 0 amide bonds. The van der Waals surface area contributed by atoms with Crippen molar-refractivity contribution in [1.29, 1.82) is 0 Å². The minimum atomic E-state index is -1.02. The van der Waals surface area contributed by atoms with Gasteiger partial charge in [0.25, 0.3) is 0 Å². The number of fused-ring (bicyclic) bond motifs is 1. The second-order valence-electron chi connectivity index (χ2n) is 7.06. The Morgan fingerprint density at radius 2 is 2.09 bits per heavy atom. The Morgan fingerprint density at radius 1 is 1.25 bits per heavy atom. The van der Waals surface area contributed by atoms with Gasteiger partial charge in [-0.25, -0.2) is 14.8 Å². The van der Waals surface area contributed by atoms with Crippen LogP contribution in [0.2, 0.25) is 5.02 Å². The Morgan fingerprint density at radius 3 is 2.88 bits per heavy atom. The van der Waals surface area contributed by atoms with E-state index in [0.717, 1.165) is 38.4 Å². The standard InChI is InChI=1S/C23H21ClN4O3S/c1-3-31-17-11-18(32-22(17)23(29)30)16-10-19(28-12-27-16)25-8-6-14-9-15-5-4-7-26-21(15)13(2)20(14)24/h4-5,7,9-12H,3,6,8H2,1-2H3,(H,29,30)(H,25,27,28). The van der Waals surface area contributed by atoms with Gasteiger partial charge in [0.2, 0.25) is 0 Å². The summed E-state index contributed by atoms with van der Waals surface area (Å²) in [5, 5.41) is 14.5. The van der Waals surface area contributed by atoms with E-state index in [4.69, 9.17) is 16.3 Å². The molecule has 3 heterocycles. The molecule has 0 aliphatic rings. The molecule has 0 radical (unpaired) electrons. The fourth-order valence-electron chi connectivity index (χ4n) is 3.45. The van der Waals surface area contributed by atoms with E-state index in [2.05, 4.69) is 26.3 Å². The van der Waals surface area contributed by atoms with E-state index in [0.29, 0.717) is 41.7 Å². The van der Waals surface area contributed by atoms with E-state index < -0.39 is 5.97 Å². The summed E-state index contributed by atoms with van der Waals surface area (Å²) in [4.78, 5) is 25.3. The number of halogens is 1. The van der Waals surface area contributed by atoms with Crippen LogP contribution in [0.3, 0.4) is 0 Å². The van der Waals surface area contributed by atoms with Crippen molar-refractivity contribution in [2.75, 3.05) is 18.5 Å². The molecule has 7 nitrogen and oxygen atoms in total. The van der Waals surface area contributed by atoms with Crippen molar-refractivity contribution >= 4 is 45.6 Å². The highest BCUT2D eigenvalue weighted by Gasteiger charge is 2.18. The summed E-state index contributed by atoms with van der Waals surface area (Å²) in [5.41, 5.74) is 3.56. The van der Waals surface area contributed by atoms with E-state index in [-0.39, 0.29) is 4.88 Å². The van der Waals surface area contributed by atoms with Crippen molar-refractivity contribution in [3.8, 4) is 16.3 Å². The van der Waals surface area contributed by atoms with E-state index in [1.54, 1.807) is 18.3 Å². The van der Waals surface area contributed by atoms with Crippen LogP contribution in [0.15, 0.2) is 42.9 Å². The number of carbonyl (C=O) groups is 1. The number of anilines is 1. The maximum absolute atomic E-state index is 11.5. The summed E-state index contributed by atoms with van der Waals surface area (Å²) in [7, 11) is 0. The highest BCUT2D eigenvalue weighted by atomic mass is 35.5. The number of carboxylic acids is 1. The van der Waals surface area contributed by atoms with E-state index >= 15 is 0 Å². The zero-order valence-electron chi connectivity index (χ0n) is 17.6. The van der Waals surface area contributed by atoms with Crippen LogP contribution in [0.1, 0.15) is 27.7 Å². The van der Waals surface area contributed by atoms with Gasteiger partial charge < -0.3 is 15.2 Å².